The van der Waals surface area contributed by atoms with Gasteiger partial charge in [-0.25, -0.2) is 13.4 Å². The molecular formula is C16H23Br2N3O2S. The fourth-order valence-corrected chi connectivity index (χ4v) is 7.39. The van der Waals surface area contributed by atoms with Crippen LogP contribution in [0.4, 0.5) is 11.6 Å². The number of nitrogens with zero attached hydrogens (tertiary/aromatic N) is 3. The number of aromatic nitrogens is 1. The lowest BCUT2D eigenvalue weighted by Crippen LogP contribution is -2.34. The van der Waals surface area contributed by atoms with Gasteiger partial charge in [-0.3, -0.25) is 0 Å². The lowest BCUT2D eigenvalue weighted by Gasteiger charge is -2.33. The van der Waals surface area contributed by atoms with E-state index in [1.165, 1.54) is 19.1 Å². The molecule has 3 rings (SSSR count). The van der Waals surface area contributed by atoms with E-state index >= 15 is 0 Å². The first-order chi connectivity index (χ1) is 11.4. The van der Waals surface area contributed by atoms with Gasteiger partial charge in [-0.05, 0) is 70.4 Å². The van der Waals surface area contributed by atoms with E-state index in [2.05, 4.69) is 41.7 Å². The van der Waals surface area contributed by atoms with Crippen molar-refractivity contribution < 1.29 is 8.42 Å². The molecule has 5 nitrogen and oxygen atoms in total. The zero-order valence-corrected chi connectivity index (χ0v) is 17.9. The van der Waals surface area contributed by atoms with Gasteiger partial charge in [0.25, 0.3) is 0 Å². The SMILES string of the molecule is CS(=O)(=O)c1c(Br)c(N2CCCCC2)nc(N2CCCCC2)c1Br. The summed E-state index contributed by atoms with van der Waals surface area (Å²) in [5.74, 6) is 1.53. The monoisotopic (exact) mass is 479 g/mol. The molecule has 134 valence electrons. The van der Waals surface area contributed by atoms with Gasteiger partial charge in [0.2, 0.25) is 0 Å². The number of pyridine rings is 1. The van der Waals surface area contributed by atoms with Crippen molar-refractivity contribution in [1.29, 1.82) is 0 Å². The Balaban J connectivity index is 2.14. The first-order valence-corrected chi connectivity index (χ1v) is 12.0. The van der Waals surface area contributed by atoms with Crippen LogP contribution in [0.3, 0.4) is 0 Å². The molecule has 0 aromatic carbocycles. The van der Waals surface area contributed by atoms with E-state index in [9.17, 15) is 8.42 Å². The smallest absolute Gasteiger partial charge is 0.178 e. The maximum absolute atomic E-state index is 12.4. The third kappa shape index (κ3) is 3.75. The molecule has 0 aliphatic carbocycles. The normalized spacial score (nSPS) is 19.6. The van der Waals surface area contributed by atoms with Crippen molar-refractivity contribution >= 4 is 53.3 Å². The summed E-state index contributed by atoms with van der Waals surface area (Å²) >= 11 is 7.06. The largest absolute Gasteiger partial charge is 0.356 e. The summed E-state index contributed by atoms with van der Waals surface area (Å²) in [6.45, 7) is 3.71. The molecule has 0 bridgehead atoms. The molecule has 1 aromatic heterocycles. The second kappa shape index (κ2) is 7.50. The molecule has 2 aliphatic rings. The number of anilines is 2. The molecule has 0 saturated carbocycles. The summed E-state index contributed by atoms with van der Waals surface area (Å²) in [5, 5.41) is 0. The second-order valence-electron chi connectivity index (χ2n) is 6.58. The van der Waals surface area contributed by atoms with Crippen molar-refractivity contribution in [2.75, 3.05) is 42.2 Å². The minimum absolute atomic E-state index is 0.318. The third-order valence-corrected chi connectivity index (χ3v) is 7.86. The standard InChI is InChI=1S/C16H23Br2N3O2S/c1-24(22,23)14-12(17)15(20-8-4-2-5-9-20)19-16(13(14)18)21-10-6-3-7-11-21/h2-11H2,1H3. The van der Waals surface area contributed by atoms with Gasteiger partial charge in [0.15, 0.2) is 9.84 Å². The summed E-state index contributed by atoms with van der Waals surface area (Å²) < 4.78 is 26.0. The summed E-state index contributed by atoms with van der Waals surface area (Å²) in [4.78, 5) is 9.63. The highest BCUT2D eigenvalue weighted by Crippen LogP contribution is 2.42. The molecule has 0 N–H and O–H groups in total. The molecule has 24 heavy (non-hydrogen) atoms. The van der Waals surface area contributed by atoms with Crippen LogP contribution in [0.15, 0.2) is 13.8 Å². The summed E-state index contributed by atoms with van der Waals surface area (Å²) in [6, 6.07) is 0. The molecule has 0 atom stereocenters. The Bertz CT molecular complexity index is 670. The van der Waals surface area contributed by atoms with Gasteiger partial charge in [0.05, 0.1) is 8.95 Å². The van der Waals surface area contributed by atoms with Crippen molar-refractivity contribution in [1.82, 2.24) is 4.98 Å². The van der Waals surface area contributed by atoms with E-state index in [-0.39, 0.29) is 0 Å². The fourth-order valence-electron chi connectivity index (χ4n) is 3.45. The minimum atomic E-state index is -3.37. The predicted molar refractivity (Wildman–Crippen MR) is 105 cm³/mol. The van der Waals surface area contributed by atoms with Crippen molar-refractivity contribution in [2.24, 2.45) is 0 Å². The Labute approximate surface area is 161 Å². The molecule has 8 heteroatoms. The molecule has 0 radical (unpaired) electrons. The zero-order chi connectivity index (χ0) is 17.3. The van der Waals surface area contributed by atoms with Crippen LogP contribution in [0.25, 0.3) is 0 Å². The van der Waals surface area contributed by atoms with E-state index in [1.54, 1.807) is 0 Å². The van der Waals surface area contributed by atoms with Crippen LogP contribution in [-0.4, -0.2) is 45.8 Å². The van der Waals surface area contributed by atoms with Gasteiger partial charge in [0, 0.05) is 32.4 Å². The number of sulfone groups is 1. The van der Waals surface area contributed by atoms with Crippen molar-refractivity contribution in [3.63, 3.8) is 0 Å². The van der Waals surface area contributed by atoms with E-state index in [0.29, 0.717) is 13.8 Å². The maximum Gasteiger partial charge on any atom is 0.178 e. The Morgan fingerprint density at radius 3 is 1.50 bits per heavy atom. The molecule has 1 aromatic rings. The van der Waals surface area contributed by atoms with Crippen LogP contribution < -0.4 is 9.80 Å². The Morgan fingerprint density at radius 2 is 1.17 bits per heavy atom. The van der Waals surface area contributed by atoms with Gasteiger partial charge < -0.3 is 9.80 Å². The molecule has 0 spiro atoms. The third-order valence-electron chi connectivity index (χ3n) is 4.69. The Morgan fingerprint density at radius 1 is 0.792 bits per heavy atom. The van der Waals surface area contributed by atoms with E-state index in [1.807, 2.05) is 0 Å². The number of hydrogen-bond acceptors (Lipinski definition) is 5. The molecule has 0 amide bonds. The number of hydrogen-bond donors (Lipinski definition) is 0. The van der Waals surface area contributed by atoms with Crippen molar-refractivity contribution in [2.45, 2.75) is 43.4 Å². The topological polar surface area (TPSA) is 53.5 Å². The van der Waals surface area contributed by atoms with Crippen LogP contribution >= 0.6 is 31.9 Å². The summed E-state index contributed by atoms with van der Waals surface area (Å²) in [6.07, 6.45) is 8.20. The first kappa shape index (κ1) is 18.5. The van der Waals surface area contributed by atoms with E-state index in [0.717, 1.165) is 63.5 Å². The minimum Gasteiger partial charge on any atom is -0.356 e. The average Bonchev–Trinajstić information content (AvgIpc) is 2.55. The van der Waals surface area contributed by atoms with Crippen LogP contribution in [0.1, 0.15) is 38.5 Å². The van der Waals surface area contributed by atoms with Gasteiger partial charge in [0.1, 0.15) is 16.5 Å². The Kier molecular flexibility index (Phi) is 5.76. The molecular weight excluding hydrogens is 458 g/mol. The molecule has 2 saturated heterocycles. The Hall–Kier alpha value is -0.340. The van der Waals surface area contributed by atoms with Crippen molar-refractivity contribution in [3.8, 4) is 0 Å². The number of piperidine rings is 2. The second-order valence-corrected chi connectivity index (χ2v) is 10.1. The highest BCUT2D eigenvalue weighted by atomic mass is 79.9. The summed E-state index contributed by atoms with van der Waals surface area (Å²) in [5.41, 5.74) is 0. The van der Waals surface area contributed by atoms with Gasteiger partial charge in [-0.2, -0.15) is 0 Å². The van der Waals surface area contributed by atoms with Crippen LogP contribution in [0.5, 0.6) is 0 Å². The lowest BCUT2D eigenvalue weighted by atomic mass is 10.1. The quantitative estimate of drug-likeness (QED) is 0.654. The molecule has 3 heterocycles. The number of halogens is 2. The van der Waals surface area contributed by atoms with Gasteiger partial charge in [-0.15, -0.1) is 0 Å². The predicted octanol–water partition coefficient (Wildman–Crippen LogP) is 3.99. The number of rotatable bonds is 3. The molecule has 2 aliphatic heterocycles. The highest BCUT2D eigenvalue weighted by molar-refractivity contribution is 9.11. The summed E-state index contributed by atoms with van der Waals surface area (Å²) in [7, 11) is -3.37. The van der Waals surface area contributed by atoms with Crippen LogP contribution in [-0.2, 0) is 9.84 Å². The van der Waals surface area contributed by atoms with Crippen molar-refractivity contribution in [3.05, 3.63) is 8.95 Å². The van der Waals surface area contributed by atoms with Gasteiger partial charge >= 0.3 is 0 Å². The average molecular weight is 481 g/mol. The van der Waals surface area contributed by atoms with Crippen LogP contribution in [0, 0.1) is 0 Å². The zero-order valence-electron chi connectivity index (χ0n) is 13.9. The van der Waals surface area contributed by atoms with E-state index < -0.39 is 9.84 Å². The lowest BCUT2D eigenvalue weighted by molar-refractivity contribution is 0.561. The van der Waals surface area contributed by atoms with E-state index in [4.69, 9.17) is 4.98 Å². The van der Waals surface area contributed by atoms with Gasteiger partial charge in [-0.1, -0.05) is 0 Å². The van der Waals surface area contributed by atoms with Crippen LogP contribution in [0.2, 0.25) is 0 Å². The fraction of sp³-hybridized carbons (Fsp3) is 0.688. The molecule has 0 unspecified atom stereocenters. The highest BCUT2D eigenvalue weighted by Gasteiger charge is 2.29. The maximum atomic E-state index is 12.4. The first-order valence-electron chi connectivity index (χ1n) is 8.48. The molecule has 2 fully saturated rings.